The summed E-state index contributed by atoms with van der Waals surface area (Å²) in [6.45, 7) is 5.24. The van der Waals surface area contributed by atoms with Crippen LogP contribution in [-0.4, -0.2) is 30.6 Å². The molecule has 2 aromatic rings. The molecule has 1 N–H and O–H groups in total. The zero-order valence-corrected chi connectivity index (χ0v) is 15.8. The maximum atomic E-state index is 12.6. The normalized spacial score (nSPS) is 17.0. The number of anilines is 2. The standard InChI is InChI=1S/C21H27N3O2/c1-4-17-7-5-6-12-24(17)20-11-9-16(14-22-20)21(25)23-18-13-15(2)8-10-19(18)26-3/h8-11,13-14,17H,4-7,12H2,1-3H3,(H,23,25). The second-order valence-corrected chi connectivity index (χ2v) is 6.81. The van der Waals surface area contributed by atoms with Crippen LogP contribution in [0.3, 0.4) is 0 Å². The van der Waals surface area contributed by atoms with Crippen LogP contribution in [0, 0.1) is 6.92 Å². The number of nitrogens with zero attached hydrogens (tertiary/aromatic N) is 2. The molecule has 1 saturated heterocycles. The summed E-state index contributed by atoms with van der Waals surface area (Å²) in [4.78, 5) is 19.5. The van der Waals surface area contributed by atoms with Crippen LogP contribution < -0.4 is 15.0 Å². The molecule has 5 heteroatoms. The molecule has 1 atom stereocenters. The van der Waals surface area contributed by atoms with E-state index in [1.54, 1.807) is 13.3 Å². The maximum absolute atomic E-state index is 12.6. The number of carbonyl (C=O) groups is 1. The third-order valence-corrected chi connectivity index (χ3v) is 5.01. The molecule has 0 bridgehead atoms. The van der Waals surface area contributed by atoms with Crippen LogP contribution in [0.1, 0.15) is 48.5 Å². The minimum atomic E-state index is -0.182. The maximum Gasteiger partial charge on any atom is 0.257 e. The summed E-state index contributed by atoms with van der Waals surface area (Å²) in [5.74, 6) is 1.42. The summed E-state index contributed by atoms with van der Waals surface area (Å²) in [7, 11) is 1.60. The summed E-state index contributed by atoms with van der Waals surface area (Å²) < 4.78 is 5.32. The van der Waals surface area contributed by atoms with Gasteiger partial charge in [0, 0.05) is 18.8 Å². The van der Waals surface area contributed by atoms with Gasteiger partial charge in [-0.1, -0.05) is 13.0 Å². The van der Waals surface area contributed by atoms with Gasteiger partial charge in [0.2, 0.25) is 0 Å². The van der Waals surface area contributed by atoms with E-state index in [2.05, 4.69) is 22.1 Å². The van der Waals surface area contributed by atoms with Crippen molar-refractivity contribution < 1.29 is 9.53 Å². The zero-order valence-electron chi connectivity index (χ0n) is 15.8. The third kappa shape index (κ3) is 3.98. The molecular formula is C21H27N3O2. The zero-order chi connectivity index (χ0) is 18.5. The molecule has 1 fully saturated rings. The van der Waals surface area contributed by atoms with Crippen molar-refractivity contribution in [2.75, 3.05) is 23.9 Å². The number of nitrogens with one attached hydrogen (secondary N) is 1. The summed E-state index contributed by atoms with van der Waals surface area (Å²) in [6, 6.07) is 10.1. The van der Waals surface area contributed by atoms with E-state index in [-0.39, 0.29) is 5.91 Å². The molecule has 1 unspecified atom stereocenters. The van der Waals surface area contributed by atoms with Crippen LogP contribution in [0.25, 0.3) is 0 Å². The fourth-order valence-electron chi connectivity index (χ4n) is 3.53. The highest BCUT2D eigenvalue weighted by atomic mass is 16.5. The van der Waals surface area contributed by atoms with Crippen LogP contribution >= 0.6 is 0 Å². The molecule has 1 amide bonds. The van der Waals surface area contributed by atoms with Crippen LogP contribution in [0.5, 0.6) is 5.75 Å². The van der Waals surface area contributed by atoms with Gasteiger partial charge in [-0.25, -0.2) is 4.98 Å². The molecule has 1 aromatic heterocycles. The lowest BCUT2D eigenvalue weighted by Gasteiger charge is -2.36. The number of benzene rings is 1. The van der Waals surface area contributed by atoms with Gasteiger partial charge in [0.15, 0.2) is 0 Å². The van der Waals surface area contributed by atoms with Crippen molar-refractivity contribution in [2.24, 2.45) is 0 Å². The first-order valence-corrected chi connectivity index (χ1v) is 9.31. The van der Waals surface area contributed by atoms with Gasteiger partial charge in [-0.15, -0.1) is 0 Å². The molecule has 3 rings (SSSR count). The minimum Gasteiger partial charge on any atom is -0.495 e. The highest BCUT2D eigenvalue weighted by Gasteiger charge is 2.22. The molecule has 0 aliphatic carbocycles. The van der Waals surface area contributed by atoms with Crippen LogP contribution in [0.2, 0.25) is 0 Å². The summed E-state index contributed by atoms with van der Waals surface area (Å²) in [6.07, 6.45) is 6.49. The van der Waals surface area contributed by atoms with Crippen molar-refractivity contribution in [1.29, 1.82) is 0 Å². The van der Waals surface area contributed by atoms with Crippen LogP contribution in [0.15, 0.2) is 36.5 Å². The predicted molar refractivity (Wildman–Crippen MR) is 105 cm³/mol. The van der Waals surface area contributed by atoms with Crippen LogP contribution in [0.4, 0.5) is 11.5 Å². The number of methoxy groups -OCH3 is 1. The SMILES string of the molecule is CCC1CCCCN1c1ccc(C(=O)Nc2cc(C)ccc2OC)cn1. The molecule has 2 heterocycles. The Labute approximate surface area is 155 Å². The third-order valence-electron chi connectivity index (χ3n) is 5.01. The summed E-state index contributed by atoms with van der Waals surface area (Å²) in [5, 5.41) is 2.92. The molecule has 1 aromatic carbocycles. The number of amides is 1. The number of rotatable bonds is 5. The molecule has 1 aliphatic heterocycles. The van der Waals surface area contributed by atoms with Crippen molar-refractivity contribution >= 4 is 17.4 Å². The molecular weight excluding hydrogens is 326 g/mol. The smallest absolute Gasteiger partial charge is 0.257 e. The lowest BCUT2D eigenvalue weighted by molar-refractivity contribution is 0.102. The van der Waals surface area contributed by atoms with Gasteiger partial charge in [-0.3, -0.25) is 4.79 Å². The highest BCUT2D eigenvalue weighted by Crippen LogP contribution is 2.27. The molecule has 0 saturated carbocycles. The van der Waals surface area contributed by atoms with E-state index in [1.807, 2.05) is 37.3 Å². The Bertz CT molecular complexity index is 758. The number of hydrogen-bond acceptors (Lipinski definition) is 4. The van der Waals surface area contributed by atoms with E-state index < -0.39 is 0 Å². The number of ether oxygens (including phenoxy) is 1. The van der Waals surface area contributed by atoms with Gasteiger partial charge in [0.05, 0.1) is 18.4 Å². The number of carbonyl (C=O) groups excluding carboxylic acids is 1. The Hall–Kier alpha value is -2.56. The Kier molecular flexibility index (Phi) is 5.76. The van der Waals surface area contributed by atoms with Crippen molar-refractivity contribution in [3.05, 3.63) is 47.7 Å². The molecule has 0 radical (unpaired) electrons. The largest absolute Gasteiger partial charge is 0.495 e. The Morgan fingerprint density at radius 1 is 1.31 bits per heavy atom. The first-order valence-electron chi connectivity index (χ1n) is 9.31. The Balaban J connectivity index is 1.74. The number of hydrogen-bond donors (Lipinski definition) is 1. The predicted octanol–water partition coefficient (Wildman–Crippen LogP) is 4.42. The lowest BCUT2D eigenvalue weighted by Crippen LogP contribution is -2.39. The number of pyridine rings is 1. The number of aromatic nitrogens is 1. The fourth-order valence-corrected chi connectivity index (χ4v) is 3.53. The molecule has 1 aliphatic rings. The second kappa shape index (κ2) is 8.21. The highest BCUT2D eigenvalue weighted by molar-refractivity contribution is 6.05. The first-order chi connectivity index (χ1) is 12.6. The van der Waals surface area contributed by atoms with E-state index >= 15 is 0 Å². The van der Waals surface area contributed by atoms with Crippen molar-refractivity contribution in [3.63, 3.8) is 0 Å². The summed E-state index contributed by atoms with van der Waals surface area (Å²) >= 11 is 0. The fraction of sp³-hybridized carbons (Fsp3) is 0.429. The lowest BCUT2D eigenvalue weighted by atomic mass is 10.00. The van der Waals surface area contributed by atoms with Gasteiger partial charge in [0.1, 0.15) is 11.6 Å². The summed E-state index contributed by atoms with van der Waals surface area (Å²) in [5.41, 5.74) is 2.27. The Morgan fingerprint density at radius 3 is 2.85 bits per heavy atom. The second-order valence-electron chi connectivity index (χ2n) is 6.81. The monoisotopic (exact) mass is 353 g/mol. The van der Waals surface area contributed by atoms with E-state index in [9.17, 15) is 4.79 Å². The Morgan fingerprint density at radius 2 is 2.15 bits per heavy atom. The molecule has 26 heavy (non-hydrogen) atoms. The molecule has 0 spiro atoms. The first kappa shape index (κ1) is 18.2. The number of aryl methyl sites for hydroxylation is 1. The quantitative estimate of drug-likeness (QED) is 0.864. The van der Waals surface area contributed by atoms with E-state index in [0.717, 1.165) is 24.3 Å². The van der Waals surface area contributed by atoms with Gasteiger partial charge in [-0.05, 0) is 62.4 Å². The van der Waals surface area contributed by atoms with E-state index in [4.69, 9.17) is 4.74 Å². The van der Waals surface area contributed by atoms with Gasteiger partial charge in [-0.2, -0.15) is 0 Å². The minimum absolute atomic E-state index is 0.182. The molecule has 138 valence electrons. The van der Waals surface area contributed by atoms with Crippen molar-refractivity contribution in [3.8, 4) is 5.75 Å². The van der Waals surface area contributed by atoms with E-state index in [0.29, 0.717) is 23.0 Å². The van der Waals surface area contributed by atoms with Gasteiger partial charge < -0.3 is 15.0 Å². The average Bonchev–Trinajstić information content (AvgIpc) is 2.68. The topological polar surface area (TPSA) is 54.5 Å². The van der Waals surface area contributed by atoms with Crippen molar-refractivity contribution in [1.82, 2.24) is 4.98 Å². The van der Waals surface area contributed by atoms with Gasteiger partial charge in [0.25, 0.3) is 5.91 Å². The van der Waals surface area contributed by atoms with Crippen LogP contribution in [-0.2, 0) is 0 Å². The van der Waals surface area contributed by atoms with Gasteiger partial charge >= 0.3 is 0 Å². The average molecular weight is 353 g/mol. The molecule has 5 nitrogen and oxygen atoms in total. The number of piperidine rings is 1. The van der Waals surface area contributed by atoms with E-state index in [1.165, 1.54) is 19.3 Å². The van der Waals surface area contributed by atoms with Crippen molar-refractivity contribution in [2.45, 2.75) is 45.6 Å².